The molecule has 1 aromatic carbocycles. The summed E-state index contributed by atoms with van der Waals surface area (Å²) in [6.45, 7) is 3.45. The van der Waals surface area contributed by atoms with Crippen molar-refractivity contribution in [1.82, 2.24) is 15.3 Å². The van der Waals surface area contributed by atoms with Gasteiger partial charge in [0.05, 0.1) is 5.69 Å². The number of nitrogens with one attached hydrogen (secondary N) is 1. The van der Waals surface area contributed by atoms with Gasteiger partial charge in [0.2, 0.25) is 5.91 Å². The van der Waals surface area contributed by atoms with Crippen LogP contribution in [0.3, 0.4) is 0 Å². The van der Waals surface area contributed by atoms with Crippen molar-refractivity contribution in [3.63, 3.8) is 0 Å². The number of carbonyl (C=O) groups excluding carboxylic acids is 1. The quantitative estimate of drug-likeness (QED) is 0.679. The minimum absolute atomic E-state index is 0.455. The average molecular weight is 408 g/mol. The van der Waals surface area contributed by atoms with E-state index in [0.717, 1.165) is 48.8 Å². The first-order chi connectivity index (χ1) is 14.1. The Morgan fingerprint density at radius 1 is 1.14 bits per heavy atom. The number of pyridine rings is 2. The highest BCUT2D eigenvalue weighted by Gasteiger charge is 2.16. The normalized spacial score (nSPS) is 14.0. The molecule has 1 amide bonds. The molecule has 2 aromatic heterocycles. The molecular weight excluding hydrogens is 386 g/mol. The van der Waals surface area contributed by atoms with Gasteiger partial charge in [-0.15, -0.1) is 0 Å². The molecule has 0 unspecified atom stereocenters. The molecule has 7 heteroatoms. The Hall–Kier alpha value is -2.96. The second kappa shape index (κ2) is 8.59. The lowest BCUT2D eigenvalue weighted by Crippen LogP contribution is -2.44. The van der Waals surface area contributed by atoms with Gasteiger partial charge in [-0.25, -0.2) is 4.98 Å². The lowest BCUT2D eigenvalue weighted by Gasteiger charge is -2.29. The summed E-state index contributed by atoms with van der Waals surface area (Å²) in [5, 5.41) is 4.03. The van der Waals surface area contributed by atoms with Crippen LogP contribution in [0.4, 0.5) is 5.82 Å². The molecule has 4 rings (SSSR count). The molecule has 148 valence electrons. The highest BCUT2D eigenvalue weighted by Crippen LogP contribution is 2.24. The number of hydrogen-bond donors (Lipinski definition) is 2. The van der Waals surface area contributed by atoms with Crippen molar-refractivity contribution in [3.8, 4) is 11.3 Å². The number of nitrogens with two attached hydrogens (primary N) is 1. The van der Waals surface area contributed by atoms with Crippen LogP contribution >= 0.6 is 11.6 Å². The molecule has 3 aromatic rings. The fourth-order valence-corrected chi connectivity index (χ4v) is 3.67. The molecule has 0 saturated carbocycles. The zero-order valence-electron chi connectivity index (χ0n) is 15.9. The molecule has 1 aliphatic rings. The summed E-state index contributed by atoms with van der Waals surface area (Å²) in [5.41, 5.74) is 9.64. The first-order valence-corrected chi connectivity index (χ1v) is 9.93. The number of anilines is 1. The van der Waals surface area contributed by atoms with Crippen molar-refractivity contribution in [2.45, 2.75) is 6.42 Å². The Balaban J connectivity index is 1.68. The standard InChI is InChI=1S/C22H22ClN5O/c23-18-3-1-2-15(10-18)11-19-12-16(4-5-26-19)20-13-17(22(24)29)14-21(27-20)28-8-6-25-7-9-28/h1-5,10,12-14,25H,6-9,11H2,(H2,24,29). The van der Waals surface area contributed by atoms with Crippen molar-refractivity contribution in [3.05, 3.63) is 76.6 Å². The summed E-state index contributed by atoms with van der Waals surface area (Å²) >= 11 is 6.09. The van der Waals surface area contributed by atoms with Gasteiger partial charge in [0.25, 0.3) is 0 Å². The van der Waals surface area contributed by atoms with Crippen LogP contribution in [0.15, 0.2) is 54.7 Å². The summed E-state index contributed by atoms with van der Waals surface area (Å²) in [6.07, 6.45) is 2.42. The van der Waals surface area contributed by atoms with Crippen LogP contribution in [0, 0.1) is 0 Å². The van der Waals surface area contributed by atoms with Crippen LogP contribution in [0.5, 0.6) is 0 Å². The Labute approximate surface area is 174 Å². The van der Waals surface area contributed by atoms with Crippen LogP contribution in [0.1, 0.15) is 21.6 Å². The van der Waals surface area contributed by atoms with E-state index >= 15 is 0 Å². The number of piperazine rings is 1. The van der Waals surface area contributed by atoms with E-state index in [1.165, 1.54) is 0 Å². The average Bonchev–Trinajstić information content (AvgIpc) is 2.74. The van der Waals surface area contributed by atoms with Gasteiger partial charge < -0.3 is 16.0 Å². The predicted octanol–water partition coefficient (Wildman–Crippen LogP) is 2.90. The van der Waals surface area contributed by atoms with E-state index in [1.807, 2.05) is 36.4 Å². The zero-order chi connectivity index (χ0) is 20.2. The van der Waals surface area contributed by atoms with Crippen molar-refractivity contribution in [2.24, 2.45) is 5.73 Å². The number of nitrogens with zero attached hydrogens (tertiary/aromatic N) is 3. The van der Waals surface area contributed by atoms with E-state index in [0.29, 0.717) is 22.7 Å². The number of primary amides is 1. The van der Waals surface area contributed by atoms with Gasteiger partial charge in [0.1, 0.15) is 5.82 Å². The Bertz CT molecular complexity index is 1030. The van der Waals surface area contributed by atoms with Crippen molar-refractivity contribution in [1.29, 1.82) is 0 Å². The Kier molecular flexibility index (Phi) is 5.74. The molecule has 0 atom stereocenters. The van der Waals surface area contributed by atoms with E-state index < -0.39 is 5.91 Å². The van der Waals surface area contributed by atoms with Gasteiger partial charge >= 0.3 is 0 Å². The molecule has 1 fully saturated rings. The van der Waals surface area contributed by atoms with Gasteiger partial charge in [-0.1, -0.05) is 23.7 Å². The maximum Gasteiger partial charge on any atom is 0.248 e. The zero-order valence-corrected chi connectivity index (χ0v) is 16.7. The maximum atomic E-state index is 11.9. The lowest BCUT2D eigenvalue weighted by atomic mass is 10.0. The van der Waals surface area contributed by atoms with E-state index in [-0.39, 0.29) is 0 Å². The third-order valence-electron chi connectivity index (χ3n) is 4.92. The molecule has 1 aliphatic heterocycles. The highest BCUT2D eigenvalue weighted by molar-refractivity contribution is 6.30. The number of halogens is 1. The fourth-order valence-electron chi connectivity index (χ4n) is 3.45. The van der Waals surface area contributed by atoms with E-state index in [4.69, 9.17) is 22.3 Å². The van der Waals surface area contributed by atoms with Gasteiger partial charge in [-0.05, 0) is 42.0 Å². The number of benzene rings is 1. The molecule has 0 spiro atoms. The third-order valence-corrected chi connectivity index (χ3v) is 5.16. The molecule has 0 radical (unpaired) electrons. The molecule has 29 heavy (non-hydrogen) atoms. The van der Waals surface area contributed by atoms with Crippen molar-refractivity contribution >= 4 is 23.3 Å². The second-order valence-corrected chi connectivity index (χ2v) is 7.48. The van der Waals surface area contributed by atoms with Crippen LogP contribution < -0.4 is 16.0 Å². The van der Waals surface area contributed by atoms with Crippen LogP contribution in [-0.2, 0) is 6.42 Å². The van der Waals surface area contributed by atoms with Crippen molar-refractivity contribution in [2.75, 3.05) is 31.1 Å². The van der Waals surface area contributed by atoms with E-state index in [2.05, 4.69) is 15.2 Å². The maximum absolute atomic E-state index is 11.9. The number of carbonyl (C=O) groups is 1. The number of amides is 1. The molecule has 6 nitrogen and oxygen atoms in total. The monoisotopic (exact) mass is 407 g/mol. The largest absolute Gasteiger partial charge is 0.366 e. The van der Waals surface area contributed by atoms with Gasteiger partial charge in [0.15, 0.2) is 0 Å². The molecular formula is C22H22ClN5O. The second-order valence-electron chi connectivity index (χ2n) is 7.04. The number of rotatable bonds is 5. The van der Waals surface area contributed by atoms with Crippen molar-refractivity contribution < 1.29 is 4.79 Å². The molecule has 1 saturated heterocycles. The topological polar surface area (TPSA) is 84.1 Å². The molecule has 0 bridgehead atoms. The van der Waals surface area contributed by atoms with Crippen LogP contribution in [-0.4, -0.2) is 42.1 Å². The minimum atomic E-state index is -0.460. The summed E-state index contributed by atoms with van der Waals surface area (Å²) < 4.78 is 0. The van der Waals surface area contributed by atoms with Gasteiger partial charge in [-0.3, -0.25) is 9.78 Å². The fraction of sp³-hybridized carbons (Fsp3) is 0.227. The van der Waals surface area contributed by atoms with Gasteiger partial charge in [0, 0.05) is 60.6 Å². The van der Waals surface area contributed by atoms with Crippen LogP contribution in [0.25, 0.3) is 11.3 Å². The smallest absolute Gasteiger partial charge is 0.248 e. The van der Waals surface area contributed by atoms with E-state index in [1.54, 1.807) is 18.3 Å². The predicted molar refractivity (Wildman–Crippen MR) is 115 cm³/mol. The highest BCUT2D eigenvalue weighted by atomic mass is 35.5. The first-order valence-electron chi connectivity index (χ1n) is 9.56. The molecule has 3 N–H and O–H groups in total. The number of hydrogen-bond acceptors (Lipinski definition) is 5. The molecule has 0 aliphatic carbocycles. The lowest BCUT2D eigenvalue weighted by molar-refractivity contribution is 0.1000. The Morgan fingerprint density at radius 3 is 2.72 bits per heavy atom. The Morgan fingerprint density at radius 2 is 1.97 bits per heavy atom. The minimum Gasteiger partial charge on any atom is -0.366 e. The first kappa shape index (κ1) is 19.4. The molecule has 3 heterocycles. The van der Waals surface area contributed by atoms with Crippen LogP contribution in [0.2, 0.25) is 5.02 Å². The summed E-state index contributed by atoms with van der Waals surface area (Å²) in [7, 11) is 0. The summed E-state index contributed by atoms with van der Waals surface area (Å²) in [5.74, 6) is 0.309. The van der Waals surface area contributed by atoms with Gasteiger partial charge in [-0.2, -0.15) is 0 Å². The summed E-state index contributed by atoms with van der Waals surface area (Å²) in [4.78, 5) is 23.4. The summed E-state index contributed by atoms with van der Waals surface area (Å²) in [6, 6.07) is 15.1. The SMILES string of the molecule is NC(=O)c1cc(-c2ccnc(Cc3cccc(Cl)c3)c2)nc(N2CCNCC2)c1. The van der Waals surface area contributed by atoms with E-state index in [9.17, 15) is 4.79 Å². The number of aromatic nitrogens is 2. The third kappa shape index (κ3) is 4.72.